The first kappa shape index (κ1) is 34.0. The van der Waals surface area contributed by atoms with Crippen LogP contribution < -0.4 is 9.64 Å². The van der Waals surface area contributed by atoms with Gasteiger partial charge in [0.25, 0.3) is 0 Å². The molecule has 9 nitrogen and oxygen atoms in total. The highest BCUT2D eigenvalue weighted by atomic mass is 19.4. The number of benzene rings is 1. The molecule has 1 saturated carbocycles. The van der Waals surface area contributed by atoms with E-state index in [0.29, 0.717) is 31.6 Å². The number of likely N-dealkylation sites (tertiary alicyclic amines) is 1. The molecule has 2 heterocycles. The molecule has 0 unspecified atom stereocenters. The summed E-state index contributed by atoms with van der Waals surface area (Å²) in [5.41, 5.74) is -2.26. The molecule has 45 heavy (non-hydrogen) atoms. The van der Waals surface area contributed by atoms with Crippen molar-refractivity contribution in [3.05, 3.63) is 47.4 Å². The molecule has 13 heteroatoms. The van der Waals surface area contributed by atoms with Crippen LogP contribution in [-0.4, -0.2) is 59.7 Å². The average Bonchev–Trinajstić information content (AvgIpc) is 2.97. The fourth-order valence-corrected chi connectivity index (χ4v) is 5.72. The SMILES string of the molecule is COC(=O)c1cc(Oc2ncccc2C(F)(F)F)c(F)cc1N(C(=O)C1CCC(C)CC1)C1CCN(C(=O)OC(C)(C)C)CC1. The first-order valence-corrected chi connectivity index (χ1v) is 15.0. The smallest absolute Gasteiger partial charge is 0.421 e. The fourth-order valence-electron chi connectivity index (χ4n) is 5.72. The molecule has 246 valence electrons. The highest BCUT2D eigenvalue weighted by Crippen LogP contribution is 2.40. The molecule has 0 bridgehead atoms. The Morgan fingerprint density at radius 1 is 1.00 bits per heavy atom. The highest BCUT2D eigenvalue weighted by Gasteiger charge is 2.39. The molecule has 4 rings (SSSR count). The summed E-state index contributed by atoms with van der Waals surface area (Å²) in [6.45, 7) is 7.90. The van der Waals surface area contributed by atoms with Crippen molar-refractivity contribution in [3.63, 3.8) is 0 Å². The highest BCUT2D eigenvalue weighted by molar-refractivity contribution is 6.04. The van der Waals surface area contributed by atoms with Crippen molar-refractivity contribution in [2.45, 2.75) is 84.0 Å². The van der Waals surface area contributed by atoms with Crippen LogP contribution in [0.25, 0.3) is 0 Å². The van der Waals surface area contributed by atoms with E-state index in [1.165, 1.54) is 9.80 Å². The number of piperidine rings is 1. The van der Waals surface area contributed by atoms with Gasteiger partial charge in [0.05, 0.1) is 18.4 Å². The molecular weight excluding hydrogens is 598 g/mol. The summed E-state index contributed by atoms with van der Waals surface area (Å²) in [7, 11) is 1.10. The lowest BCUT2D eigenvalue weighted by molar-refractivity contribution is -0.139. The number of carbonyl (C=O) groups excluding carboxylic acids is 3. The molecule has 2 aliphatic rings. The maximum Gasteiger partial charge on any atom is 0.421 e. The van der Waals surface area contributed by atoms with Gasteiger partial charge in [-0.25, -0.2) is 19.0 Å². The Bertz CT molecular complexity index is 1390. The summed E-state index contributed by atoms with van der Waals surface area (Å²) < 4.78 is 72.2. The summed E-state index contributed by atoms with van der Waals surface area (Å²) in [6.07, 6.45) is -0.733. The largest absolute Gasteiger partial charge is 0.465 e. The Morgan fingerprint density at radius 2 is 1.64 bits per heavy atom. The van der Waals surface area contributed by atoms with Crippen LogP contribution in [0, 0.1) is 17.7 Å². The number of ether oxygens (including phenoxy) is 3. The Balaban J connectivity index is 1.73. The number of halogens is 4. The van der Waals surface area contributed by atoms with Gasteiger partial charge in [-0.15, -0.1) is 0 Å². The van der Waals surface area contributed by atoms with E-state index in [9.17, 15) is 27.6 Å². The summed E-state index contributed by atoms with van der Waals surface area (Å²) >= 11 is 0. The van der Waals surface area contributed by atoms with Gasteiger partial charge < -0.3 is 24.0 Å². The van der Waals surface area contributed by atoms with Crippen molar-refractivity contribution < 1.29 is 46.2 Å². The van der Waals surface area contributed by atoms with E-state index >= 15 is 4.39 Å². The molecule has 2 amide bonds. The van der Waals surface area contributed by atoms with E-state index in [4.69, 9.17) is 14.2 Å². The standard InChI is InChI=1S/C32H39F4N3O6/c1-19-8-10-20(11-9-19)28(40)39(21-12-15-38(16-13-21)30(42)45-31(2,3)4)25-18-24(33)26(17-22(25)29(41)43-5)44-27-23(32(34,35)36)7-6-14-37-27/h6-7,14,17-21H,8-13,15-16H2,1-5H3. The number of aromatic nitrogens is 1. The Hall–Kier alpha value is -3.90. The van der Waals surface area contributed by atoms with E-state index in [-0.39, 0.29) is 36.2 Å². The Labute approximate surface area is 259 Å². The topological polar surface area (TPSA) is 98.3 Å². The summed E-state index contributed by atoms with van der Waals surface area (Å²) in [5, 5.41) is 0. The van der Waals surface area contributed by atoms with E-state index in [0.717, 1.165) is 50.4 Å². The second-order valence-corrected chi connectivity index (χ2v) is 12.6. The Morgan fingerprint density at radius 3 is 2.22 bits per heavy atom. The minimum atomic E-state index is -4.83. The number of amides is 2. The maximum absolute atomic E-state index is 15.7. The number of hydrogen-bond donors (Lipinski definition) is 0. The van der Waals surface area contributed by atoms with Crippen LogP contribution in [-0.2, 0) is 20.4 Å². The lowest BCUT2D eigenvalue weighted by atomic mass is 9.81. The second-order valence-electron chi connectivity index (χ2n) is 12.6. The monoisotopic (exact) mass is 637 g/mol. The van der Waals surface area contributed by atoms with E-state index in [1.54, 1.807) is 20.8 Å². The Kier molecular flexibility index (Phi) is 10.3. The number of nitrogens with zero attached hydrogens (tertiary/aromatic N) is 3. The van der Waals surface area contributed by atoms with Gasteiger partial charge in [0.2, 0.25) is 11.8 Å². The zero-order valence-electron chi connectivity index (χ0n) is 26.1. The maximum atomic E-state index is 15.7. The molecule has 0 spiro atoms. The van der Waals surface area contributed by atoms with Crippen molar-refractivity contribution in [2.75, 3.05) is 25.1 Å². The summed E-state index contributed by atoms with van der Waals surface area (Å²) in [4.78, 5) is 46.5. The normalized spacial score (nSPS) is 19.5. The fraction of sp³-hybridized carbons (Fsp3) is 0.562. The van der Waals surface area contributed by atoms with Crippen LogP contribution in [0.5, 0.6) is 11.6 Å². The second kappa shape index (κ2) is 13.6. The number of carbonyl (C=O) groups is 3. The average molecular weight is 638 g/mol. The van der Waals surface area contributed by atoms with Crippen molar-refractivity contribution >= 4 is 23.7 Å². The molecule has 1 aromatic carbocycles. The minimum absolute atomic E-state index is 0.0805. The molecule has 2 aromatic rings. The molecule has 0 N–H and O–H groups in total. The summed E-state index contributed by atoms with van der Waals surface area (Å²) in [5.74, 6) is -3.84. The van der Waals surface area contributed by atoms with Gasteiger partial charge >= 0.3 is 18.2 Å². The van der Waals surface area contributed by atoms with E-state index in [2.05, 4.69) is 11.9 Å². The van der Waals surface area contributed by atoms with Gasteiger partial charge in [0.1, 0.15) is 11.2 Å². The van der Waals surface area contributed by atoms with Gasteiger partial charge in [-0.05, 0) is 77.3 Å². The molecular formula is C32H39F4N3O6. The zero-order chi connectivity index (χ0) is 33.1. The first-order valence-electron chi connectivity index (χ1n) is 15.0. The molecule has 1 aromatic heterocycles. The van der Waals surface area contributed by atoms with E-state index in [1.807, 2.05) is 0 Å². The third-order valence-electron chi connectivity index (χ3n) is 8.08. The molecule has 0 atom stereocenters. The van der Waals surface area contributed by atoms with Crippen molar-refractivity contribution in [2.24, 2.45) is 11.8 Å². The van der Waals surface area contributed by atoms with Crippen LogP contribution in [0.4, 0.5) is 28.0 Å². The van der Waals surface area contributed by atoms with Crippen LogP contribution in [0.2, 0.25) is 0 Å². The number of hydrogen-bond acceptors (Lipinski definition) is 7. The van der Waals surface area contributed by atoms with Gasteiger partial charge in [-0.1, -0.05) is 6.92 Å². The molecule has 1 aliphatic carbocycles. The lowest BCUT2D eigenvalue weighted by Crippen LogP contribution is -2.52. The number of alkyl halides is 3. The minimum Gasteiger partial charge on any atom is -0.465 e. The molecule has 0 radical (unpaired) electrons. The molecule has 1 saturated heterocycles. The zero-order valence-corrected chi connectivity index (χ0v) is 26.1. The third-order valence-corrected chi connectivity index (χ3v) is 8.08. The number of rotatable bonds is 6. The number of anilines is 1. The van der Waals surface area contributed by atoms with Crippen molar-refractivity contribution in [1.29, 1.82) is 0 Å². The van der Waals surface area contributed by atoms with Crippen molar-refractivity contribution in [3.8, 4) is 11.6 Å². The van der Waals surface area contributed by atoms with Gasteiger partial charge in [-0.2, -0.15) is 13.2 Å². The summed E-state index contributed by atoms with van der Waals surface area (Å²) in [6, 6.07) is 3.15. The van der Waals surface area contributed by atoms with Crippen LogP contribution >= 0.6 is 0 Å². The number of pyridine rings is 1. The first-order chi connectivity index (χ1) is 21.1. The van der Waals surface area contributed by atoms with Gasteiger partial charge in [0, 0.05) is 43.4 Å². The predicted molar refractivity (Wildman–Crippen MR) is 156 cm³/mol. The number of methoxy groups -OCH3 is 1. The predicted octanol–water partition coefficient (Wildman–Crippen LogP) is 7.38. The van der Waals surface area contributed by atoms with Gasteiger partial charge in [0.15, 0.2) is 11.6 Å². The van der Waals surface area contributed by atoms with Crippen LogP contribution in [0.1, 0.15) is 82.1 Å². The van der Waals surface area contributed by atoms with Gasteiger partial charge in [-0.3, -0.25) is 4.79 Å². The van der Waals surface area contributed by atoms with Crippen molar-refractivity contribution in [1.82, 2.24) is 9.88 Å². The van der Waals surface area contributed by atoms with E-state index < -0.39 is 52.9 Å². The van der Waals surface area contributed by atoms with Crippen LogP contribution in [0.15, 0.2) is 30.5 Å². The quantitative estimate of drug-likeness (QED) is 0.241. The molecule has 1 aliphatic heterocycles. The van der Waals surface area contributed by atoms with Crippen LogP contribution in [0.3, 0.4) is 0 Å². The lowest BCUT2D eigenvalue weighted by Gasteiger charge is -2.41. The molecule has 2 fully saturated rings. The third kappa shape index (κ3) is 8.23. The number of esters is 1.